The van der Waals surface area contributed by atoms with Crippen molar-refractivity contribution in [2.45, 2.75) is 51.7 Å². The van der Waals surface area contributed by atoms with E-state index in [4.69, 9.17) is 0 Å². The van der Waals surface area contributed by atoms with E-state index in [2.05, 4.69) is 54.6 Å². The number of hydrogen-bond donors (Lipinski definition) is 2. The van der Waals surface area contributed by atoms with Gasteiger partial charge in [-0.2, -0.15) is 11.8 Å². The van der Waals surface area contributed by atoms with Gasteiger partial charge in [-0.05, 0) is 25.0 Å². The van der Waals surface area contributed by atoms with Gasteiger partial charge in [0.2, 0.25) is 0 Å². The Kier molecular flexibility index (Phi) is 7.73. The first-order valence-corrected chi connectivity index (χ1v) is 8.74. The van der Waals surface area contributed by atoms with Crippen LogP contribution in [-0.4, -0.2) is 34.6 Å². The van der Waals surface area contributed by atoms with Crippen molar-refractivity contribution >= 4 is 23.4 Å². The number of hydrogen-bond acceptors (Lipinski definition) is 5. The number of anilines is 2. The first-order valence-electron chi connectivity index (χ1n) is 7.45. The maximum absolute atomic E-state index is 4.42. The van der Waals surface area contributed by atoms with Gasteiger partial charge in [0, 0.05) is 23.9 Å². The van der Waals surface area contributed by atoms with Crippen LogP contribution in [0.25, 0.3) is 0 Å². The Balaban J connectivity index is 2.78. The van der Waals surface area contributed by atoms with E-state index in [1.54, 1.807) is 6.33 Å². The van der Waals surface area contributed by atoms with Gasteiger partial charge in [0.15, 0.2) is 0 Å². The topological polar surface area (TPSA) is 49.8 Å². The molecule has 1 rings (SSSR count). The minimum absolute atomic E-state index is 0.399. The maximum Gasteiger partial charge on any atom is 0.134 e. The molecular weight excluding hydrogens is 268 g/mol. The van der Waals surface area contributed by atoms with Crippen molar-refractivity contribution in [1.82, 2.24) is 9.97 Å². The van der Waals surface area contributed by atoms with Crippen molar-refractivity contribution in [3.05, 3.63) is 11.9 Å². The minimum Gasteiger partial charge on any atom is -0.370 e. The van der Waals surface area contributed by atoms with E-state index in [1.165, 1.54) is 5.56 Å². The summed E-state index contributed by atoms with van der Waals surface area (Å²) in [7, 11) is 0. The van der Waals surface area contributed by atoms with E-state index in [9.17, 15) is 0 Å². The highest BCUT2D eigenvalue weighted by Crippen LogP contribution is 2.28. The van der Waals surface area contributed by atoms with E-state index in [0.717, 1.165) is 37.6 Å². The number of thioether (sulfide) groups is 1. The molecule has 2 N–H and O–H groups in total. The number of nitrogens with zero attached hydrogens (tertiary/aromatic N) is 2. The third kappa shape index (κ3) is 5.19. The summed E-state index contributed by atoms with van der Waals surface area (Å²) in [6, 6.07) is 0. The molecule has 0 aliphatic carbocycles. The fourth-order valence-electron chi connectivity index (χ4n) is 1.98. The molecule has 114 valence electrons. The van der Waals surface area contributed by atoms with Gasteiger partial charge in [-0.15, -0.1) is 0 Å². The molecule has 1 aromatic heterocycles. The fraction of sp³-hybridized carbons (Fsp3) is 0.733. The second-order valence-corrected chi connectivity index (χ2v) is 6.60. The predicted molar refractivity (Wildman–Crippen MR) is 91.0 cm³/mol. The normalized spacial score (nSPS) is 12.5. The van der Waals surface area contributed by atoms with Crippen LogP contribution < -0.4 is 10.6 Å². The molecule has 1 atom stereocenters. The molecule has 0 saturated heterocycles. The van der Waals surface area contributed by atoms with Gasteiger partial charge in [0.1, 0.15) is 18.0 Å². The second kappa shape index (κ2) is 9.06. The molecule has 0 radical (unpaired) electrons. The molecule has 0 bridgehead atoms. The average Bonchev–Trinajstić information content (AvgIpc) is 2.44. The lowest BCUT2D eigenvalue weighted by atomic mass is 10.0. The van der Waals surface area contributed by atoms with Crippen molar-refractivity contribution in [2.24, 2.45) is 0 Å². The smallest absolute Gasteiger partial charge is 0.134 e. The highest BCUT2D eigenvalue weighted by atomic mass is 32.2. The highest BCUT2D eigenvalue weighted by Gasteiger charge is 2.14. The van der Waals surface area contributed by atoms with Crippen LogP contribution in [-0.2, 0) is 0 Å². The van der Waals surface area contributed by atoms with E-state index >= 15 is 0 Å². The fourth-order valence-corrected chi connectivity index (χ4v) is 2.33. The predicted octanol–water partition coefficient (Wildman–Crippen LogP) is 3.98. The molecule has 0 saturated carbocycles. The molecule has 0 amide bonds. The highest BCUT2D eigenvalue weighted by molar-refractivity contribution is 7.99. The monoisotopic (exact) mass is 296 g/mol. The van der Waals surface area contributed by atoms with Crippen LogP contribution in [0.5, 0.6) is 0 Å². The first kappa shape index (κ1) is 17.1. The third-order valence-corrected chi connectivity index (χ3v) is 4.29. The van der Waals surface area contributed by atoms with E-state index in [-0.39, 0.29) is 0 Å². The molecule has 4 nitrogen and oxygen atoms in total. The van der Waals surface area contributed by atoms with Crippen LogP contribution in [0.2, 0.25) is 0 Å². The Hall–Kier alpha value is -0.970. The summed E-state index contributed by atoms with van der Waals surface area (Å²) in [6.45, 7) is 10.7. The Bertz CT molecular complexity index is 395. The quantitative estimate of drug-likeness (QED) is 0.722. The van der Waals surface area contributed by atoms with Crippen molar-refractivity contribution < 1.29 is 0 Å². The molecule has 20 heavy (non-hydrogen) atoms. The largest absolute Gasteiger partial charge is 0.370 e. The van der Waals surface area contributed by atoms with Crippen LogP contribution in [0.1, 0.15) is 52.0 Å². The standard InChI is InChI=1S/C15H28N4S/c1-6-8-16-14-13(11(2)3)15(19-10-18-14)17-9-7-12(4)20-5/h10-12H,6-9H2,1-5H3,(H2,16,17,18,19). The Morgan fingerprint density at radius 1 is 1.10 bits per heavy atom. The van der Waals surface area contributed by atoms with Crippen LogP contribution in [0.3, 0.4) is 0 Å². The number of nitrogens with one attached hydrogen (secondary N) is 2. The Morgan fingerprint density at radius 3 is 2.20 bits per heavy atom. The zero-order chi connectivity index (χ0) is 15.0. The van der Waals surface area contributed by atoms with Crippen molar-refractivity contribution in [2.75, 3.05) is 30.0 Å². The third-order valence-electron chi connectivity index (χ3n) is 3.25. The van der Waals surface area contributed by atoms with Crippen LogP contribution in [0.4, 0.5) is 11.6 Å². The molecule has 0 aliphatic heterocycles. The molecular formula is C15H28N4S. The van der Waals surface area contributed by atoms with Gasteiger partial charge in [0.05, 0.1) is 0 Å². The van der Waals surface area contributed by atoms with Crippen molar-refractivity contribution in [3.8, 4) is 0 Å². The first-order chi connectivity index (χ1) is 9.60. The summed E-state index contributed by atoms with van der Waals surface area (Å²) in [5.41, 5.74) is 1.19. The van der Waals surface area contributed by atoms with Gasteiger partial charge in [0.25, 0.3) is 0 Å². The van der Waals surface area contributed by atoms with Gasteiger partial charge in [-0.1, -0.05) is 27.7 Å². The summed E-state index contributed by atoms with van der Waals surface area (Å²) in [5.74, 6) is 2.34. The lowest BCUT2D eigenvalue weighted by Gasteiger charge is -2.18. The molecule has 0 fully saturated rings. The summed E-state index contributed by atoms with van der Waals surface area (Å²) in [5, 5.41) is 7.54. The molecule has 1 aromatic rings. The molecule has 1 heterocycles. The average molecular weight is 296 g/mol. The lowest BCUT2D eigenvalue weighted by molar-refractivity contribution is 0.819. The SMILES string of the molecule is CCCNc1ncnc(NCCC(C)SC)c1C(C)C. The zero-order valence-electron chi connectivity index (χ0n) is 13.4. The van der Waals surface area contributed by atoms with Crippen LogP contribution in [0, 0.1) is 0 Å². The number of rotatable bonds is 9. The number of aromatic nitrogens is 2. The van der Waals surface area contributed by atoms with Gasteiger partial charge < -0.3 is 10.6 Å². The van der Waals surface area contributed by atoms with Gasteiger partial charge >= 0.3 is 0 Å². The van der Waals surface area contributed by atoms with Gasteiger partial charge in [-0.3, -0.25) is 0 Å². The summed E-state index contributed by atoms with van der Waals surface area (Å²) in [4.78, 5) is 8.81. The van der Waals surface area contributed by atoms with Crippen molar-refractivity contribution in [3.63, 3.8) is 0 Å². The van der Waals surface area contributed by atoms with Crippen LogP contribution in [0.15, 0.2) is 6.33 Å². The molecule has 0 aliphatic rings. The molecule has 1 unspecified atom stereocenters. The van der Waals surface area contributed by atoms with Gasteiger partial charge in [-0.25, -0.2) is 9.97 Å². The molecule has 5 heteroatoms. The Morgan fingerprint density at radius 2 is 1.70 bits per heavy atom. The van der Waals surface area contributed by atoms with E-state index in [1.807, 2.05) is 11.8 Å². The molecule has 0 spiro atoms. The zero-order valence-corrected chi connectivity index (χ0v) is 14.2. The van der Waals surface area contributed by atoms with Crippen molar-refractivity contribution in [1.29, 1.82) is 0 Å². The summed E-state index contributed by atoms with van der Waals surface area (Å²) >= 11 is 1.90. The van der Waals surface area contributed by atoms with E-state index in [0.29, 0.717) is 11.2 Å². The molecule has 0 aromatic carbocycles. The van der Waals surface area contributed by atoms with E-state index < -0.39 is 0 Å². The lowest BCUT2D eigenvalue weighted by Crippen LogP contribution is -2.14. The van der Waals surface area contributed by atoms with Crippen LogP contribution >= 0.6 is 11.8 Å². The second-order valence-electron chi connectivity index (χ2n) is 5.33. The Labute approximate surface area is 127 Å². The summed E-state index contributed by atoms with van der Waals surface area (Å²) in [6.07, 6.45) is 6.03. The maximum atomic E-state index is 4.42. The minimum atomic E-state index is 0.399. The summed E-state index contributed by atoms with van der Waals surface area (Å²) < 4.78 is 0.